The van der Waals surface area contributed by atoms with Crippen LogP contribution >= 0.6 is 0 Å². The van der Waals surface area contributed by atoms with Gasteiger partial charge in [0.05, 0.1) is 11.0 Å². The van der Waals surface area contributed by atoms with Crippen LogP contribution in [0.3, 0.4) is 0 Å². The van der Waals surface area contributed by atoms with E-state index in [1.807, 2.05) is 0 Å². The number of halogens is 3. The average Bonchev–Trinajstić information content (AvgIpc) is 2.48. The van der Waals surface area contributed by atoms with E-state index in [1.165, 1.54) is 13.0 Å². The molecule has 2 aromatic rings. The van der Waals surface area contributed by atoms with Crippen LogP contribution < -0.4 is 0 Å². The predicted molar refractivity (Wildman–Crippen MR) is 45.7 cm³/mol. The first-order valence-electron chi connectivity index (χ1n) is 4.00. The quantitative estimate of drug-likeness (QED) is 0.692. The van der Waals surface area contributed by atoms with Crippen LogP contribution in [0.2, 0.25) is 0 Å². The highest BCUT2D eigenvalue weighted by molar-refractivity contribution is 5.76. The summed E-state index contributed by atoms with van der Waals surface area (Å²) in [5, 5.41) is 0. The molecule has 0 unspecified atom stereocenters. The summed E-state index contributed by atoms with van der Waals surface area (Å²) in [6.07, 6.45) is 1.01. The molecule has 2 nitrogen and oxygen atoms in total. The van der Waals surface area contributed by atoms with Gasteiger partial charge in [0, 0.05) is 6.07 Å². The molecular formula is C9H7F3N2. The minimum atomic E-state index is -2.65. The Morgan fingerprint density at radius 1 is 1.36 bits per heavy atom. The average molecular weight is 200 g/mol. The van der Waals surface area contributed by atoms with Gasteiger partial charge in [-0.1, -0.05) is 0 Å². The van der Waals surface area contributed by atoms with E-state index in [0.717, 1.165) is 12.4 Å². The zero-order chi connectivity index (χ0) is 10.3. The number of alkyl halides is 2. The van der Waals surface area contributed by atoms with E-state index < -0.39 is 12.4 Å². The van der Waals surface area contributed by atoms with Crippen LogP contribution in [0, 0.1) is 12.7 Å². The van der Waals surface area contributed by atoms with E-state index in [1.54, 1.807) is 0 Å². The van der Waals surface area contributed by atoms with Gasteiger partial charge in [-0.3, -0.25) is 4.57 Å². The molecule has 1 heterocycles. The minimum Gasteiger partial charge on any atom is -0.273 e. The first kappa shape index (κ1) is 9.05. The van der Waals surface area contributed by atoms with Crippen molar-refractivity contribution in [2.75, 3.05) is 0 Å². The van der Waals surface area contributed by atoms with Crippen LogP contribution in [-0.4, -0.2) is 9.55 Å². The fraction of sp³-hybridized carbons (Fsp3) is 0.222. The molecule has 0 spiro atoms. The van der Waals surface area contributed by atoms with Gasteiger partial charge in [-0.05, 0) is 18.6 Å². The Morgan fingerprint density at radius 2 is 2.07 bits per heavy atom. The lowest BCUT2D eigenvalue weighted by atomic mass is 10.2. The number of imidazole rings is 1. The molecule has 74 valence electrons. The fourth-order valence-electron chi connectivity index (χ4n) is 1.31. The lowest BCUT2D eigenvalue weighted by Crippen LogP contribution is -1.95. The maximum atomic E-state index is 13.0. The summed E-state index contributed by atoms with van der Waals surface area (Å²) in [6.45, 7) is -1.12. The van der Waals surface area contributed by atoms with E-state index in [2.05, 4.69) is 4.98 Å². The smallest absolute Gasteiger partial charge is 0.273 e. The summed E-state index contributed by atoms with van der Waals surface area (Å²) in [4.78, 5) is 3.68. The van der Waals surface area contributed by atoms with Crippen molar-refractivity contribution in [2.24, 2.45) is 0 Å². The van der Waals surface area contributed by atoms with Crippen molar-refractivity contribution >= 4 is 11.0 Å². The number of aryl methyl sites for hydroxylation is 1. The van der Waals surface area contributed by atoms with Crippen LogP contribution in [-0.2, 0) is 0 Å². The summed E-state index contributed by atoms with van der Waals surface area (Å²) >= 11 is 0. The molecule has 0 aliphatic rings. The van der Waals surface area contributed by atoms with E-state index in [0.29, 0.717) is 10.1 Å². The number of nitrogens with zero attached hydrogens (tertiary/aromatic N) is 2. The van der Waals surface area contributed by atoms with Crippen molar-refractivity contribution in [2.45, 2.75) is 13.5 Å². The van der Waals surface area contributed by atoms with Crippen LogP contribution in [0.15, 0.2) is 18.5 Å². The van der Waals surface area contributed by atoms with E-state index >= 15 is 0 Å². The highest BCUT2D eigenvalue weighted by atomic mass is 19.3. The second-order valence-corrected chi connectivity index (χ2v) is 3.02. The van der Waals surface area contributed by atoms with Gasteiger partial charge in [-0.25, -0.2) is 9.37 Å². The zero-order valence-corrected chi connectivity index (χ0v) is 7.34. The molecule has 1 aromatic carbocycles. The van der Waals surface area contributed by atoms with E-state index in [4.69, 9.17) is 0 Å². The minimum absolute atomic E-state index is 0.244. The molecule has 2 rings (SSSR count). The van der Waals surface area contributed by atoms with Crippen molar-refractivity contribution in [1.82, 2.24) is 9.55 Å². The topological polar surface area (TPSA) is 17.8 Å². The molecule has 0 radical (unpaired) electrons. The second-order valence-electron chi connectivity index (χ2n) is 3.02. The molecule has 1 aromatic heterocycles. The molecule has 0 bridgehead atoms. The van der Waals surface area contributed by atoms with Crippen molar-refractivity contribution in [3.8, 4) is 0 Å². The molecule has 0 saturated carbocycles. The van der Waals surface area contributed by atoms with Gasteiger partial charge in [0.1, 0.15) is 12.1 Å². The Balaban J connectivity index is 2.74. The van der Waals surface area contributed by atoms with Gasteiger partial charge in [0.2, 0.25) is 0 Å². The predicted octanol–water partition coefficient (Wildman–Crippen LogP) is 2.88. The van der Waals surface area contributed by atoms with Crippen LogP contribution in [0.1, 0.15) is 12.1 Å². The second kappa shape index (κ2) is 3.01. The third-order valence-electron chi connectivity index (χ3n) is 2.07. The summed E-state index contributed by atoms with van der Waals surface area (Å²) < 4.78 is 38.5. The highest BCUT2D eigenvalue weighted by Crippen LogP contribution is 2.22. The number of hydrogen-bond donors (Lipinski definition) is 0. The first-order valence-corrected chi connectivity index (χ1v) is 4.00. The molecule has 0 saturated heterocycles. The molecule has 0 fully saturated rings. The van der Waals surface area contributed by atoms with Crippen molar-refractivity contribution in [1.29, 1.82) is 0 Å². The van der Waals surface area contributed by atoms with Crippen molar-refractivity contribution in [3.63, 3.8) is 0 Å². The Bertz CT molecular complexity index is 476. The number of rotatable bonds is 1. The van der Waals surface area contributed by atoms with Crippen molar-refractivity contribution in [3.05, 3.63) is 29.8 Å². The molecule has 0 amide bonds. The Kier molecular flexibility index (Phi) is 1.94. The lowest BCUT2D eigenvalue weighted by Gasteiger charge is -2.02. The largest absolute Gasteiger partial charge is 0.320 e. The summed E-state index contributed by atoms with van der Waals surface area (Å²) in [5.74, 6) is -0.433. The van der Waals surface area contributed by atoms with Gasteiger partial charge < -0.3 is 0 Å². The SMILES string of the molecule is Cc1cc2c(cc1F)ncn2C(F)F. The Hall–Kier alpha value is -1.52. The van der Waals surface area contributed by atoms with Gasteiger partial charge >= 0.3 is 6.55 Å². The third-order valence-corrected chi connectivity index (χ3v) is 2.07. The standard InChI is InChI=1S/C9H7F3N2/c1-5-2-8-7(3-6(5)10)13-4-14(8)9(11)12/h2-4,9H,1H3. The highest BCUT2D eigenvalue weighted by Gasteiger charge is 2.12. The lowest BCUT2D eigenvalue weighted by molar-refractivity contribution is 0.0746. The van der Waals surface area contributed by atoms with Gasteiger partial charge in [0.15, 0.2) is 0 Å². The summed E-state index contributed by atoms with van der Waals surface area (Å²) in [7, 11) is 0. The number of hydrogen-bond acceptors (Lipinski definition) is 1. The molecule has 5 heteroatoms. The molecule has 0 N–H and O–H groups in total. The fourth-order valence-corrected chi connectivity index (χ4v) is 1.31. The number of fused-ring (bicyclic) bond motifs is 1. The molecular weight excluding hydrogens is 193 g/mol. The van der Waals surface area contributed by atoms with E-state index in [9.17, 15) is 13.2 Å². The third kappa shape index (κ3) is 1.25. The summed E-state index contributed by atoms with van der Waals surface area (Å²) in [5.41, 5.74) is 0.826. The van der Waals surface area contributed by atoms with Crippen molar-refractivity contribution < 1.29 is 13.2 Å². The normalized spacial score (nSPS) is 11.5. The molecule has 0 atom stereocenters. The van der Waals surface area contributed by atoms with E-state index in [-0.39, 0.29) is 11.0 Å². The number of benzene rings is 1. The molecule has 0 aliphatic carbocycles. The monoisotopic (exact) mass is 200 g/mol. The maximum Gasteiger partial charge on any atom is 0.320 e. The van der Waals surface area contributed by atoms with Crippen LogP contribution in [0.4, 0.5) is 13.2 Å². The van der Waals surface area contributed by atoms with Gasteiger partial charge in [-0.15, -0.1) is 0 Å². The Labute approximate surface area is 78.0 Å². The first-order chi connectivity index (χ1) is 6.59. The van der Waals surface area contributed by atoms with Gasteiger partial charge in [0.25, 0.3) is 0 Å². The molecule has 14 heavy (non-hydrogen) atoms. The zero-order valence-electron chi connectivity index (χ0n) is 7.34. The van der Waals surface area contributed by atoms with Crippen LogP contribution in [0.5, 0.6) is 0 Å². The van der Waals surface area contributed by atoms with Gasteiger partial charge in [-0.2, -0.15) is 8.78 Å². The van der Waals surface area contributed by atoms with Crippen LogP contribution in [0.25, 0.3) is 11.0 Å². The summed E-state index contributed by atoms with van der Waals surface area (Å²) in [6, 6.07) is 2.52. The number of aromatic nitrogens is 2. The maximum absolute atomic E-state index is 13.0. The Morgan fingerprint density at radius 3 is 2.71 bits per heavy atom. The molecule has 0 aliphatic heterocycles.